The molecular weight excluding hydrogens is 136 g/mol. The third kappa shape index (κ3) is 3.43. The van der Waals surface area contributed by atoms with Crippen molar-refractivity contribution in [3.63, 3.8) is 0 Å². The van der Waals surface area contributed by atoms with Crippen LogP contribution in [-0.2, 0) is 4.74 Å². The van der Waals surface area contributed by atoms with Gasteiger partial charge in [0.25, 0.3) is 0 Å². The molecule has 62 valence electrons. The molecule has 0 aromatic heterocycles. The lowest BCUT2D eigenvalue weighted by Crippen LogP contribution is -2.12. The Morgan fingerprint density at radius 1 is 1.36 bits per heavy atom. The molecule has 1 unspecified atom stereocenters. The number of hydrogen-bond donors (Lipinski definition) is 0. The van der Waals surface area contributed by atoms with E-state index in [-0.39, 0.29) is 0 Å². The molecule has 0 bridgehead atoms. The van der Waals surface area contributed by atoms with Crippen molar-refractivity contribution in [2.45, 2.75) is 45.1 Å². The Kier molecular flexibility index (Phi) is 4.08. The van der Waals surface area contributed by atoms with Gasteiger partial charge >= 0.3 is 0 Å². The zero-order chi connectivity index (χ0) is 7.94. The van der Waals surface area contributed by atoms with E-state index >= 15 is 0 Å². The van der Waals surface area contributed by atoms with Crippen molar-refractivity contribution in [3.8, 4) is 11.8 Å². The van der Waals surface area contributed by atoms with Crippen LogP contribution in [0, 0.1) is 11.8 Å². The fraction of sp³-hybridized carbons (Fsp3) is 0.800. The summed E-state index contributed by atoms with van der Waals surface area (Å²) in [6.07, 6.45) is 6.15. The zero-order valence-corrected chi connectivity index (χ0v) is 7.23. The second kappa shape index (κ2) is 5.21. The smallest absolute Gasteiger partial charge is 0.0684 e. The summed E-state index contributed by atoms with van der Waals surface area (Å²) < 4.78 is 5.52. The molecule has 1 rings (SSSR count). The van der Waals surface area contributed by atoms with Crippen LogP contribution in [0.2, 0.25) is 0 Å². The topological polar surface area (TPSA) is 9.23 Å². The van der Waals surface area contributed by atoms with E-state index < -0.39 is 0 Å². The number of ether oxygens (including phenoxy) is 1. The summed E-state index contributed by atoms with van der Waals surface area (Å²) in [6.45, 7) is 2.87. The second-order valence-electron chi connectivity index (χ2n) is 2.88. The van der Waals surface area contributed by atoms with Gasteiger partial charge in [0, 0.05) is 19.4 Å². The first kappa shape index (κ1) is 8.62. The summed E-state index contributed by atoms with van der Waals surface area (Å²) in [5, 5.41) is 0. The fourth-order valence-electron chi connectivity index (χ4n) is 1.34. The normalized spacial score (nSPS) is 24.6. The van der Waals surface area contributed by atoms with Crippen molar-refractivity contribution in [1.82, 2.24) is 0 Å². The summed E-state index contributed by atoms with van der Waals surface area (Å²) in [6, 6.07) is 0. The molecule has 0 radical (unpaired) electrons. The lowest BCUT2D eigenvalue weighted by molar-refractivity contribution is 0.0583. The molecule has 0 spiro atoms. The molecule has 0 aliphatic heterocycles. The Labute approximate surface area is 69.1 Å². The summed E-state index contributed by atoms with van der Waals surface area (Å²) in [4.78, 5) is 0. The average molecular weight is 152 g/mol. The molecule has 1 nitrogen and oxygen atoms in total. The first-order valence-electron chi connectivity index (χ1n) is 4.51. The fourth-order valence-corrected chi connectivity index (χ4v) is 1.34. The molecule has 1 atom stereocenters. The quantitative estimate of drug-likeness (QED) is 0.552. The molecule has 0 amide bonds. The van der Waals surface area contributed by atoms with Crippen LogP contribution in [0.1, 0.15) is 39.0 Å². The van der Waals surface area contributed by atoms with Crippen LogP contribution in [0.15, 0.2) is 0 Å². The van der Waals surface area contributed by atoms with Gasteiger partial charge in [-0.15, -0.1) is 11.8 Å². The summed E-state index contributed by atoms with van der Waals surface area (Å²) in [5.74, 6) is 6.29. The van der Waals surface area contributed by atoms with Gasteiger partial charge in [-0.25, -0.2) is 0 Å². The largest absolute Gasteiger partial charge is 0.378 e. The maximum atomic E-state index is 5.52. The second-order valence-corrected chi connectivity index (χ2v) is 2.88. The van der Waals surface area contributed by atoms with Crippen LogP contribution in [0.3, 0.4) is 0 Å². The van der Waals surface area contributed by atoms with E-state index in [1.54, 1.807) is 0 Å². The third-order valence-corrected chi connectivity index (χ3v) is 1.93. The number of rotatable bonds is 2. The first-order chi connectivity index (χ1) is 5.43. The highest BCUT2D eigenvalue weighted by atomic mass is 16.5. The molecule has 0 saturated carbocycles. The monoisotopic (exact) mass is 152 g/mol. The van der Waals surface area contributed by atoms with Crippen molar-refractivity contribution >= 4 is 0 Å². The molecule has 11 heavy (non-hydrogen) atoms. The molecule has 0 aromatic rings. The lowest BCUT2D eigenvalue weighted by atomic mass is 10.1. The molecule has 0 aromatic carbocycles. The van der Waals surface area contributed by atoms with Crippen molar-refractivity contribution in [2.24, 2.45) is 0 Å². The van der Waals surface area contributed by atoms with E-state index in [1.807, 2.05) is 6.92 Å². The van der Waals surface area contributed by atoms with Crippen LogP contribution < -0.4 is 0 Å². The molecular formula is C10H16O. The van der Waals surface area contributed by atoms with Gasteiger partial charge in [0.15, 0.2) is 0 Å². The maximum absolute atomic E-state index is 5.52. The maximum Gasteiger partial charge on any atom is 0.0684 e. The van der Waals surface area contributed by atoms with Gasteiger partial charge in [-0.2, -0.15) is 0 Å². The van der Waals surface area contributed by atoms with Gasteiger partial charge in [0.2, 0.25) is 0 Å². The Morgan fingerprint density at radius 3 is 3.09 bits per heavy atom. The highest BCUT2D eigenvalue weighted by Gasteiger charge is 2.06. The van der Waals surface area contributed by atoms with Gasteiger partial charge in [0.05, 0.1) is 6.10 Å². The Hall–Kier alpha value is -0.480. The van der Waals surface area contributed by atoms with E-state index in [4.69, 9.17) is 4.74 Å². The standard InChI is InChI=1S/C10H16O/c1-2-11-10-8-6-4-3-5-7-9-10/h10H,2-4,6,8-9H2,1H3. The van der Waals surface area contributed by atoms with Crippen molar-refractivity contribution in [1.29, 1.82) is 0 Å². The molecule has 0 saturated heterocycles. The van der Waals surface area contributed by atoms with E-state index in [9.17, 15) is 0 Å². The highest BCUT2D eigenvalue weighted by Crippen LogP contribution is 2.11. The molecule has 0 heterocycles. The molecule has 0 fully saturated rings. The third-order valence-electron chi connectivity index (χ3n) is 1.93. The molecule has 0 N–H and O–H groups in total. The van der Waals surface area contributed by atoms with E-state index in [1.165, 1.54) is 19.3 Å². The van der Waals surface area contributed by atoms with Crippen molar-refractivity contribution in [3.05, 3.63) is 0 Å². The minimum absolute atomic E-state index is 0.410. The Morgan fingerprint density at radius 2 is 2.27 bits per heavy atom. The molecule has 1 heteroatoms. The Bertz CT molecular complexity index is 152. The van der Waals surface area contributed by atoms with Crippen LogP contribution in [0.25, 0.3) is 0 Å². The predicted octanol–water partition coefficient (Wildman–Crippen LogP) is 2.36. The lowest BCUT2D eigenvalue weighted by Gasteiger charge is -2.14. The van der Waals surface area contributed by atoms with Gasteiger partial charge in [0.1, 0.15) is 0 Å². The first-order valence-corrected chi connectivity index (χ1v) is 4.51. The summed E-state index contributed by atoms with van der Waals surface area (Å²) >= 11 is 0. The van der Waals surface area contributed by atoms with Crippen molar-refractivity contribution < 1.29 is 4.74 Å². The van der Waals surface area contributed by atoms with Gasteiger partial charge in [-0.05, 0) is 26.2 Å². The minimum atomic E-state index is 0.410. The van der Waals surface area contributed by atoms with Gasteiger partial charge in [-0.1, -0.05) is 0 Å². The molecule has 1 aliphatic carbocycles. The average Bonchev–Trinajstić information content (AvgIpc) is 1.94. The van der Waals surface area contributed by atoms with Crippen LogP contribution in [0.5, 0.6) is 0 Å². The van der Waals surface area contributed by atoms with Gasteiger partial charge in [-0.3, -0.25) is 0 Å². The van der Waals surface area contributed by atoms with E-state index in [0.29, 0.717) is 6.10 Å². The van der Waals surface area contributed by atoms with E-state index in [0.717, 1.165) is 19.4 Å². The van der Waals surface area contributed by atoms with Crippen LogP contribution >= 0.6 is 0 Å². The molecule has 1 aliphatic rings. The highest BCUT2D eigenvalue weighted by molar-refractivity contribution is 5.01. The minimum Gasteiger partial charge on any atom is -0.378 e. The summed E-state index contributed by atoms with van der Waals surface area (Å²) in [7, 11) is 0. The summed E-state index contributed by atoms with van der Waals surface area (Å²) in [5.41, 5.74) is 0. The SMILES string of the molecule is CCOC1CC#CCCCC1. The predicted molar refractivity (Wildman–Crippen MR) is 46.3 cm³/mol. The number of hydrogen-bond acceptors (Lipinski definition) is 1. The van der Waals surface area contributed by atoms with Crippen molar-refractivity contribution in [2.75, 3.05) is 6.61 Å². The zero-order valence-electron chi connectivity index (χ0n) is 7.23. The van der Waals surface area contributed by atoms with Gasteiger partial charge < -0.3 is 4.74 Å². The van der Waals surface area contributed by atoms with Crippen LogP contribution in [-0.4, -0.2) is 12.7 Å². The van der Waals surface area contributed by atoms with Crippen LogP contribution in [0.4, 0.5) is 0 Å². The van der Waals surface area contributed by atoms with E-state index in [2.05, 4.69) is 11.8 Å². The Balaban J connectivity index is 2.30.